The van der Waals surface area contributed by atoms with Gasteiger partial charge in [-0.1, -0.05) is 35.3 Å². The molecule has 2 rings (SSSR count). The number of nitrogens with zero attached hydrogens (tertiary/aromatic N) is 1. The van der Waals surface area contributed by atoms with Gasteiger partial charge in [-0.15, -0.1) is 24.0 Å². The minimum absolute atomic E-state index is 0. The molecule has 2 aromatic carbocycles. The maximum absolute atomic E-state index is 8.89. The average Bonchev–Trinajstić information content (AvgIpc) is 2.69. The van der Waals surface area contributed by atoms with Crippen molar-refractivity contribution in [2.75, 3.05) is 26.9 Å². The SMILES string of the molecule is CCNC(=NCc1ccc(OCCO)c(OC)c1)NCc1ccc(Cl)cc1Cl.I. The smallest absolute Gasteiger partial charge is 0.191 e. The first kappa shape index (κ1) is 25.6. The van der Waals surface area contributed by atoms with Gasteiger partial charge in [-0.3, -0.25) is 0 Å². The van der Waals surface area contributed by atoms with E-state index in [1.807, 2.05) is 31.2 Å². The zero-order valence-corrected chi connectivity index (χ0v) is 20.2. The molecule has 0 radical (unpaired) electrons. The number of hydrogen-bond acceptors (Lipinski definition) is 4. The van der Waals surface area contributed by atoms with Crippen LogP contribution in [0, 0.1) is 0 Å². The number of benzene rings is 2. The number of methoxy groups -OCH3 is 1. The van der Waals surface area contributed by atoms with Gasteiger partial charge in [0.1, 0.15) is 6.61 Å². The summed E-state index contributed by atoms with van der Waals surface area (Å²) in [5.74, 6) is 1.87. The largest absolute Gasteiger partial charge is 0.493 e. The van der Waals surface area contributed by atoms with Gasteiger partial charge in [-0.2, -0.15) is 0 Å². The second-order valence-electron chi connectivity index (χ2n) is 5.84. The van der Waals surface area contributed by atoms with Crippen molar-refractivity contribution >= 4 is 53.1 Å². The highest BCUT2D eigenvalue weighted by Gasteiger charge is 2.07. The number of rotatable bonds is 9. The topological polar surface area (TPSA) is 75.1 Å². The zero-order valence-electron chi connectivity index (χ0n) is 16.4. The van der Waals surface area contributed by atoms with Crippen LogP contribution in [0.2, 0.25) is 10.0 Å². The number of aliphatic hydroxyl groups is 1. The quantitative estimate of drug-likeness (QED) is 0.246. The maximum Gasteiger partial charge on any atom is 0.191 e. The molecule has 0 amide bonds. The standard InChI is InChI=1S/C20H25Cl2N3O3.HI/c1-3-23-20(25-13-15-5-6-16(21)11-17(15)22)24-12-14-4-7-18(28-9-8-26)19(10-14)27-2;/h4-7,10-11,26H,3,8-9,12-13H2,1-2H3,(H2,23,24,25);1H. The Kier molecular flexibility index (Phi) is 12.1. The van der Waals surface area contributed by atoms with E-state index >= 15 is 0 Å². The molecule has 0 unspecified atom stereocenters. The molecule has 0 bridgehead atoms. The van der Waals surface area contributed by atoms with Crippen LogP contribution >= 0.6 is 47.2 Å². The molecule has 0 aliphatic heterocycles. The molecule has 0 saturated carbocycles. The van der Waals surface area contributed by atoms with Crippen molar-refractivity contribution in [3.05, 3.63) is 57.6 Å². The average molecular weight is 554 g/mol. The Hall–Kier alpha value is -1.42. The fraction of sp³-hybridized carbons (Fsp3) is 0.350. The molecule has 3 N–H and O–H groups in total. The van der Waals surface area contributed by atoms with E-state index in [9.17, 15) is 0 Å². The number of nitrogens with one attached hydrogen (secondary N) is 2. The van der Waals surface area contributed by atoms with Crippen molar-refractivity contribution in [2.24, 2.45) is 4.99 Å². The van der Waals surface area contributed by atoms with Crippen molar-refractivity contribution in [3.63, 3.8) is 0 Å². The number of aliphatic imine (C=N–C) groups is 1. The third-order valence-electron chi connectivity index (χ3n) is 3.80. The van der Waals surface area contributed by atoms with Crippen molar-refractivity contribution < 1.29 is 14.6 Å². The number of ether oxygens (including phenoxy) is 2. The molecule has 0 aliphatic carbocycles. The summed E-state index contributed by atoms with van der Waals surface area (Å²) in [5, 5.41) is 16.6. The number of guanidine groups is 1. The van der Waals surface area contributed by atoms with Crippen LogP contribution in [-0.4, -0.2) is 37.9 Å². The van der Waals surface area contributed by atoms with Gasteiger partial charge in [-0.05, 0) is 42.3 Å². The van der Waals surface area contributed by atoms with Crippen LogP contribution < -0.4 is 20.1 Å². The fourth-order valence-electron chi connectivity index (χ4n) is 2.44. The summed E-state index contributed by atoms with van der Waals surface area (Å²) in [4.78, 5) is 4.60. The van der Waals surface area contributed by atoms with E-state index in [0.717, 1.165) is 17.7 Å². The van der Waals surface area contributed by atoms with Crippen LogP contribution in [0.1, 0.15) is 18.1 Å². The first-order chi connectivity index (χ1) is 13.6. The molecule has 2 aromatic rings. The molecule has 0 saturated heterocycles. The summed E-state index contributed by atoms with van der Waals surface area (Å²) in [6.45, 7) is 3.89. The van der Waals surface area contributed by atoms with Crippen LogP contribution in [0.15, 0.2) is 41.4 Å². The molecule has 160 valence electrons. The molecule has 0 spiro atoms. The van der Waals surface area contributed by atoms with E-state index < -0.39 is 0 Å². The van der Waals surface area contributed by atoms with Gasteiger partial charge >= 0.3 is 0 Å². The molecule has 0 fully saturated rings. The summed E-state index contributed by atoms with van der Waals surface area (Å²) < 4.78 is 10.8. The normalized spacial score (nSPS) is 10.9. The zero-order chi connectivity index (χ0) is 20.4. The summed E-state index contributed by atoms with van der Waals surface area (Å²) in [7, 11) is 1.58. The molecule has 29 heavy (non-hydrogen) atoms. The molecule has 0 atom stereocenters. The van der Waals surface area contributed by atoms with Gasteiger partial charge in [-0.25, -0.2) is 4.99 Å². The van der Waals surface area contributed by atoms with Crippen LogP contribution in [0.4, 0.5) is 0 Å². The highest BCUT2D eigenvalue weighted by Crippen LogP contribution is 2.28. The van der Waals surface area contributed by atoms with Crippen molar-refractivity contribution in [1.29, 1.82) is 0 Å². The van der Waals surface area contributed by atoms with Crippen LogP contribution in [0.3, 0.4) is 0 Å². The summed E-state index contributed by atoms with van der Waals surface area (Å²) in [5.41, 5.74) is 1.90. The summed E-state index contributed by atoms with van der Waals surface area (Å²) in [6.07, 6.45) is 0. The predicted molar refractivity (Wildman–Crippen MR) is 129 cm³/mol. The Morgan fingerprint density at radius 1 is 1.10 bits per heavy atom. The molecule has 0 aromatic heterocycles. The number of hydrogen-bond donors (Lipinski definition) is 3. The summed E-state index contributed by atoms with van der Waals surface area (Å²) in [6, 6.07) is 11.0. The lowest BCUT2D eigenvalue weighted by Crippen LogP contribution is -2.36. The molecule has 0 heterocycles. The van der Waals surface area contributed by atoms with Crippen molar-refractivity contribution in [1.82, 2.24) is 10.6 Å². The molecule has 6 nitrogen and oxygen atoms in total. The number of aliphatic hydroxyl groups excluding tert-OH is 1. The second-order valence-corrected chi connectivity index (χ2v) is 6.69. The van der Waals surface area contributed by atoms with Crippen molar-refractivity contribution in [2.45, 2.75) is 20.0 Å². The maximum atomic E-state index is 8.89. The van der Waals surface area contributed by atoms with E-state index in [2.05, 4.69) is 15.6 Å². The lowest BCUT2D eigenvalue weighted by Gasteiger charge is -2.13. The van der Waals surface area contributed by atoms with Crippen LogP contribution in [0.25, 0.3) is 0 Å². The third kappa shape index (κ3) is 8.46. The monoisotopic (exact) mass is 553 g/mol. The summed E-state index contributed by atoms with van der Waals surface area (Å²) >= 11 is 12.2. The highest BCUT2D eigenvalue weighted by atomic mass is 127. The Bertz CT molecular complexity index is 807. The third-order valence-corrected chi connectivity index (χ3v) is 4.39. The van der Waals surface area contributed by atoms with E-state index in [1.54, 1.807) is 19.2 Å². The Balaban J connectivity index is 0.00000420. The van der Waals surface area contributed by atoms with Gasteiger partial charge < -0.3 is 25.2 Å². The van der Waals surface area contributed by atoms with E-state index in [1.165, 1.54) is 0 Å². The van der Waals surface area contributed by atoms with Crippen molar-refractivity contribution in [3.8, 4) is 11.5 Å². The first-order valence-corrected chi connectivity index (χ1v) is 9.69. The Morgan fingerprint density at radius 2 is 1.90 bits per heavy atom. The lowest BCUT2D eigenvalue weighted by molar-refractivity contribution is 0.196. The fourth-order valence-corrected chi connectivity index (χ4v) is 2.92. The molecular weight excluding hydrogens is 528 g/mol. The van der Waals surface area contributed by atoms with E-state index in [4.69, 9.17) is 37.8 Å². The van der Waals surface area contributed by atoms with Crippen LogP contribution in [0.5, 0.6) is 11.5 Å². The van der Waals surface area contributed by atoms with Gasteiger partial charge in [0.15, 0.2) is 17.5 Å². The van der Waals surface area contributed by atoms with Gasteiger partial charge in [0, 0.05) is 23.1 Å². The van der Waals surface area contributed by atoms with E-state index in [-0.39, 0.29) is 37.2 Å². The minimum Gasteiger partial charge on any atom is -0.493 e. The molecular formula is C20H26Cl2IN3O3. The van der Waals surface area contributed by atoms with Gasteiger partial charge in [0.2, 0.25) is 0 Å². The van der Waals surface area contributed by atoms with E-state index in [0.29, 0.717) is 40.6 Å². The molecule has 0 aliphatic rings. The predicted octanol–water partition coefficient (Wildman–Crippen LogP) is 4.25. The minimum atomic E-state index is -0.0510. The second kappa shape index (κ2) is 13.7. The highest BCUT2D eigenvalue weighted by molar-refractivity contribution is 14.0. The first-order valence-electron chi connectivity index (χ1n) is 8.94. The lowest BCUT2D eigenvalue weighted by atomic mass is 10.2. The molecule has 9 heteroatoms. The van der Waals surface area contributed by atoms with Gasteiger partial charge in [0.05, 0.1) is 20.3 Å². The van der Waals surface area contributed by atoms with Gasteiger partial charge in [0.25, 0.3) is 0 Å². The van der Waals surface area contributed by atoms with Crippen LogP contribution in [-0.2, 0) is 13.1 Å². The Morgan fingerprint density at radius 3 is 2.55 bits per heavy atom. The number of halogens is 3. The Labute approximate surface area is 198 Å².